The molecule has 0 radical (unpaired) electrons. The lowest BCUT2D eigenvalue weighted by atomic mass is 10.00. The summed E-state index contributed by atoms with van der Waals surface area (Å²) in [7, 11) is 0. The van der Waals surface area contributed by atoms with Crippen molar-refractivity contribution in [3.8, 4) is 0 Å². The van der Waals surface area contributed by atoms with Crippen LogP contribution in [0.15, 0.2) is 18.2 Å². The molecule has 1 aromatic carbocycles. The summed E-state index contributed by atoms with van der Waals surface area (Å²) in [6, 6.07) is 5.82. The van der Waals surface area contributed by atoms with Gasteiger partial charge in [-0.3, -0.25) is 0 Å². The zero-order chi connectivity index (χ0) is 13.0. The molecule has 0 spiro atoms. The Bertz CT molecular complexity index is 388. The summed E-state index contributed by atoms with van der Waals surface area (Å²) >= 11 is 6.06. The average Bonchev–Trinajstić information content (AvgIpc) is 2.84. The van der Waals surface area contributed by atoms with Gasteiger partial charge in [-0.2, -0.15) is 0 Å². The second-order valence-corrected chi connectivity index (χ2v) is 5.74. The Kier molecular flexibility index (Phi) is 4.90. The van der Waals surface area contributed by atoms with Crippen LogP contribution in [0.3, 0.4) is 0 Å². The summed E-state index contributed by atoms with van der Waals surface area (Å²) in [5, 5.41) is 14.1. The zero-order valence-electron chi connectivity index (χ0n) is 11.0. The molecule has 1 unspecified atom stereocenters. The third-order valence-corrected chi connectivity index (χ3v) is 4.29. The minimum Gasteiger partial charge on any atom is -0.391 e. The lowest BCUT2D eigenvalue weighted by Crippen LogP contribution is -2.22. The number of hydrogen-bond acceptors (Lipinski definition) is 2. The largest absolute Gasteiger partial charge is 0.391 e. The van der Waals surface area contributed by atoms with Crippen molar-refractivity contribution in [1.82, 2.24) is 0 Å². The van der Waals surface area contributed by atoms with E-state index in [-0.39, 0.29) is 6.10 Å². The monoisotopic (exact) mass is 267 g/mol. The lowest BCUT2D eigenvalue weighted by molar-refractivity contribution is 0.155. The van der Waals surface area contributed by atoms with Crippen LogP contribution in [0.5, 0.6) is 0 Å². The first-order chi connectivity index (χ1) is 8.66. The van der Waals surface area contributed by atoms with Gasteiger partial charge in [-0.05, 0) is 37.0 Å². The third-order valence-electron chi connectivity index (χ3n) is 3.88. The van der Waals surface area contributed by atoms with Crippen molar-refractivity contribution in [3.63, 3.8) is 0 Å². The van der Waals surface area contributed by atoms with Gasteiger partial charge in [0.1, 0.15) is 0 Å². The van der Waals surface area contributed by atoms with Gasteiger partial charge in [0.15, 0.2) is 0 Å². The summed E-state index contributed by atoms with van der Waals surface area (Å²) in [5.74, 6) is 0.724. The Labute approximate surface area is 114 Å². The lowest BCUT2D eigenvalue weighted by Gasteiger charge is -2.17. The molecular formula is C15H22ClNO. The van der Waals surface area contributed by atoms with Crippen LogP contribution < -0.4 is 5.32 Å². The first-order valence-corrected chi connectivity index (χ1v) is 7.21. The highest BCUT2D eigenvalue weighted by Crippen LogP contribution is 2.29. The first-order valence-electron chi connectivity index (χ1n) is 6.84. The van der Waals surface area contributed by atoms with E-state index in [1.807, 2.05) is 25.1 Å². The summed E-state index contributed by atoms with van der Waals surface area (Å²) < 4.78 is 0. The second kappa shape index (κ2) is 6.44. The van der Waals surface area contributed by atoms with Crippen molar-refractivity contribution in [3.05, 3.63) is 28.8 Å². The highest BCUT2D eigenvalue weighted by Gasteiger charge is 2.18. The van der Waals surface area contributed by atoms with E-state index in [1.54, 1.807) is 0 Å². The normalized spacial score (nSPS) is 17.9. The van der Waals surface area contributed by atoms with Gasteiger partial charge in [0, 0.05) is 17.3 Å². The highest BCUT2D eigenvalue weighted by atomic mass is 35.5. The topological polar surface area (TPSA) is 32.3 Å². The molecule has 1 aromatic rings. The number of nitrogens with one attached hydrogen (secondary N) is 1. The van der Waals surface area contributed by atoms with Crippen LogP contribution in [0.1, 0.15) is 37.7 Å². The van der Waals surface area contributed by atoms with E-state index in [2.05, 4.69) is 5.32 Å². The molecule has 2 rings (SSSR count). The Morgan fingerprint density at radius 2 is 2.11 bits per heavy atom. The molecular weight excluding hydrogens is 246 g/mol. The van der Waals surface area contributed by atoms with E-state index in [4.69, 9.17) is 11.6 Å². The molecule has 2 nitrogen and oxygen atoms in total. The maximum atomic E-state index is 10.0. The van der Waals surface area contributed by atoms with Crippen molar-refractivity contribution in [1.29, 1.82) is 0 Å². The molecule has 0 bridgehead atoms. The first kappa shape index (κ1) is 13.7. The molecule has 2 N–H and O–H groups in total. The van der Waals surface area contributed by atoms with Crippen LogP contribution in [0.4, 0.5) is 5.69 Å². The molecule has 0 amide bonds. The van der Waals surface area contributed by atoms with Gasteiger partial charge in [0.2, 0.25) is 0 Å². The molecule has 100 valence electrons. The maximum absolute atomic E-state index is 10.0. The van der Waals surface area contributed by atoms with Gasteiger partial charge in [-0.1, -0.05) is 43.4 Å². The Morgan fingerprint density at radius 1 is 1.39 bits per heavy atom. The van der Waals surface area contributed by atoms with Crippen molar-refractivity contribution in [2.75, 3.05) is 11.9 Å². The molecule has 0 aromatic heterocycles. The predicted molar refractivity (Wildman–Crippen MR) is 77.3 cm³/mol. The molecule has 18 heavy (non-hydrogen) atoms. The summed E-state index contributed by atoms with van der Waals surface area (Å²) in [6.07, 6.45) is 5.90. The van der Waals surface area contributed by atoms with Crippen LogP contribution in [0.2, 0.25) is 5.02 Å². The SMILES string of the molecule is Cc1c(Cl)cccc1NCC(O)CC1CCCC1. The van der Waals surface area contributed by atoms with Gasteiger partial charge >= 0.3 is 0 Å². The standard InChI is InChI=1S/C15H22ClNO/c1-11-14(16)7-4-8-15(11)17-10-13(18)9-12-5-2-3-6-12/h4,7-8,12-13,17-18H,2-3,5-6,9-10H2,1H3. The van der Waals surface area contributed by atoms with Crippen LogP contribution in [-0.2, 0) is 0 Å². The summed E-state index contributed by atoms with van der Waals surface area (Å²) in [5.41, 5.74) is 2.07. The van der Waals surface area contributed by atoms with Gasteiger partial charge in [-0.15, -0.1) is 0 Å². The van der Waals surface area contributed by atoms with E-state index in [9.17, 15) is 5.11 Å². The fourth-order valence-electron chi connectivity index (χ4n) is 2.74. The Balaban J connectivity index is 1.81. The van der Waals surface area contributed by atoms with E-state index >= 15 is 0 Å². The predicted octanol–water partition coefficient (Wildman–Crippen LogP) is 4.00. The van der Waals surface area contributed by atoms with E-state index in [0.717, 1.165) is 28.6 Å². The zero-order valence-corrected chi connectivity index (χ0v) is 11.7. The van der Waals surface area contributed by atoms with Crippen molar-refractivity contribution < 1.29 is 5.11 Å². The molecule has 0 aliphatic heterocycles. The van der Waals surface area contributed by atoms with E-state index in [1.165, 1.54) is 25.7 Å². The molecule has 1 atom stereocenters. The summed E-state index contributed by atoms with van der Waals surface area (Å²) in [4.78, 5) is 0. The Morgan fingerprint density at radius 3 is 2.83 bits per heavy atom. The van der Waals surface area contributed by atoms with Gasteiger partial charge < -0.3 is 10.4 Å². The molecule has 3 heteroatoms. The van der Waals surface area contributed by atoms with Gasteiger partial charge in [0.25, 0.3) is 0 Å². The van der Waals surface area contributed by atoms with E-state index in [0.29, 0.717) is 6.54 Å². The minimum absolute atomic E-state index is 0.258. The van der Waals surface area contributed by atoms with Crippen LogP contribution >= 0.6 is 11.6 Å². The smallest absolute Gasteiger partial charge is 0.0715 e. The molecule has 1 aliphatic carbocycles. The fraction of sp³-hybridized carbons (Fsp3) is 0.600. The van der Waals surface area contributed by atoms with Crippen LogP contribution in [0, 0.1) is 12.8 Å². The number of halogens is 1. The van der Waals surface area contributed by atoms with Crippen LogP contribution in [-0.4, -0.2) is 17.8 Å². The average molecular weight is 268 g/mol. The van der Waals surface area contributed by atoms with Gasteiger partial charge in [0.05, 0.1) is 6.10 Å². The maximum Gasteiger partial charge on any atom is 0.0715 e. The number of aliphatic hydroxyl groups excluding tert-OH is 1. The third kappa shape index (κ3) is 3.63. The molecule has 1 aliphatic rings. The Hall–Kier alpha value is -0.730. The van der Waals surface area contributed by atoms with Crippen LogP contribution in [0.25, 0.3) is 0 Å². The quantitative estimate of drug-likeness (QED) is 0.845. The van der Waals surface area contributed by atoms with Crippen molar-refractivity contribution >= 4 is 17.3 Å². The van der Waals surface area contributed by atoms with Gasteiger partial charge in [-0.25, -0.2) is 0 Å². The molecule has 0 saturated heterocycles. The van der Waals surface area contributed by atoms with E-state index < -0.39 is 0 Å². The molecule has 1 fully saturated rings. The second-order valence-electron chi connectivity index (χ2n) is 5.33. The highest BCUT2D eigenvalue weighted by molar-refractivity contribution is 6.31. The molecule has 0 heterocycles. The number of rotatable bonds is 5. The number of anilines is 1. The number of hydrogen-bond donors (Lipinski definition) is 2. The number of aliphatic hydroxyl groups is 1. The molecule has 1 saturated carbocycles. The minimum atomic E-state index is -0.258. The van der Waals surface area contributed by atoms with Crippen molar-refractivity contribution in [2.45, 2.75) is 45.1 Å². The fourth-order valence-corrected chi connectivity index (χ4v) is 2.92. The number of benzene rings is 1. The summed E-state index contributed by atoms with van der Waals surface area (Å²) in [6.45, 7) is 2.60. The van der Waals surface area contributed by atoms with Crippen molar-refractivity contribution in [2.24, 2.45) is 5.92 Å².